The van der Waals surface area contributed by atoms with Crippen LogP contribution in [-0.2, 0) is 11.3 Å². The summed E-state index contributed by atoms with van der Waals surface area (Å²) in [4.78, 5) is 26.2. The van der Waals surface area contributed by atoms with E-state index in [-0.39, 0.29) is 24.9 Å². The Morgan fingerprint density at radius 3 is 2.77 bits per heavy atom. The number of aromatic nitrogens is 2. The van der Waals surface area contributed by atoms with E-state index in [1.165, 1.54) is 6.07 Å². The molecular weight excluding hydrogens is 467 g/mol. The van der Waals surface area contributed by atoms with Crippen LogP contribution in [0.2, 0.25) is 0 Å². The normalized spacial score (nSPS) is 17.9. The minimum absolute atomic E-state index is 0. The number of hydrogen-bond acceptors (Lipinski definition) is 6. The number of carbonyl (C=O) groups is 1. The maximum atomic E-state index is 14.5. The van der Waals surface area contributed by atoms with E-state index in [0.29, 0.717) is 41.3 Å². The van der Waals surface area contributed by atoms with Crippen LogP contribution in [0.1, 0.15) is 36.0 Å². The molecule has 0 bridgehead atoms. The second-order valence-electron chi connectivity index (χ2n) is 9.56. The summed E-state index contributed by atoms with van der Waals surface area (Å²) in [5.41, 5.74) is 1.27. The van der Waals surface area contributed by atoms with E-state index in [9.17, 15) is 14.4 Å². The minimum atomic E-state index is -0.892. The molecule has 1 aromatic heterocycles. The van der Waals surface area contributed by atoms with Crippen LogP contribution < -0.4 is 10.2 Å². The molecular formula is C26H30ClFN6O. The average molecular weight is 497 g/mol. The number of benzene rings is 1. The van der Waals surface area contributed by atoms with Crippen LogP contribution in [0.4, 0.5) is 10.2 Å². The lowest BCUT2D eigenvalue weighted by Gasteiger charge is -2.23. The van der Waals surface area contributed by atoms with Gasteiger partial charge in [0.1, 0.15) is 17.1 Å². The third-order valence-electron chi connectivity index (χ3n) is 6.65. The van der Waals surface area contributed by atoms with Crippen molar-refractivity contribution in [2.45, 2.75) is 32.7 Å². The van der Waals surface area contributed by atoms with E-state index in [2.05, 4.69) is 46.2 Å². The zero-order valence-corrected chi connectivity index (χ0v) is 21.1. The number of halogens is 2. The molecule has 7 nitrogen and oxygen atoms in total. The van der Waals surface area contributed by atoms with Gasteiger partial charge in [-0.05, 0) is 58.3 Å². The van der Waals surface area contributed by atoms with Gasteiger partial charge in [-0.1, -0.05) is 5.92 Å². The van der Waals surface area contributed by atoms with Gasteiger partial charge in [-0.25, -0.2) is 14.4 Å². The first-order valence-electron chi connectivity index (χ1n) is 11.5. The molecule has 2 aliphatic rings. The lowest BCUT2D eigenvalue weighted by molar-refractivity contribution is -0.124. The molecule has 1 amide bonds. The van der Waals surface area contributed by atoms with Crippen molar-refractivity contribution in [3.63, 3.8) is 0 Å². The Hall–Kier alpha value is -3.20. The fraction of sp³-hybridized carbons (Fsp3) is 0.462. The van der Waals surface area contributed by atoms with Gasteiger partial charge < -0.3 is 15.1 Å². The van der Waals surface area contributed by atoms with Crippen LogP contribution in [0.3, 0.4) is 0 Å². The molecule has 1 saturated heterocycles. The molecule has 1 atom stereocenters. The molecule has 1 aliphatic heterocycles. The smallest absolute Gasteiger partial charge is 0.240 e. The van der Waals surface area contributed by atoms with Crippen molar-refractivity contribution in [1.82, 2.24) is 20.2 Å². The number of terminal acetylenes is 1. The van der Waals surface area contributed by atoms with Gasteiger partial charge in [-0.2, -0.15) is 5.26 Å². The Balaban J connectivity index is 0.00000342. The summed E-state index contributed by atoms with van der Waals surface area (Å²) in [5.74, 6) is 3.47. The molecule has 2 aromatic rings. The number of nitriles is 1. The van der Waals surface area contributed by atoms with Crippen molar-refractivity contribution in [2.75, 3.05) is 38.6 Å². The summed E-state index contributed by atoms with van der Waals surface area (Å²) in [6.45, 7) is 4.51. The van der Waals surface area contributed by atoms with Crippen molar-refractivity contribution < 1.29 is 9.18 Å². The van der Waals surface area contributed by atoms with Crippen LogP contribution in [0.5, 0.6) is 0 Å². The zero-order valence-electron chi connectivity index (χ0n) is 20.3. The fourth-order valence-electron chi connectivity index (χ4n) is 4.44. The summed E-state index contributed by atoms with van der Waals surface area (Å²) in [6.07, 6.45) is 9.45. The number of hydrogen-bond donors (Lipinski definition) is 1. The van der Waals surface area contributed by atoms with Gasteiger partial charge in [0, 0.05) is 54.6 Å². The molecule has 4 rings (SSSR count). The zero-order chi connectivity index (χ0) is 24.5. The Bertz CT molecular complexity index is 1200. The monoisotopic (exact) mass is 496 g/mol. The van der Waals surface area contributed by atoms with E-state index < -0.39 is 11.2 Å². The lowest BCUT2D eigenvalue weighted by atomic mass is 10.0. The average Bonchev–Trinajstić information content (AvgIpc) is 3.50. The second kappa shape index (κ2) is 10.6. The summed E-state index contributed by atoms with van der Waals surface area (Å²) < 4.78 is 14.5. The third-order valence-corrected chi connectivity index (χ3v) is 6.65. The highest BCUT2D eigenvalue weighted by Crippen LogP contribution is 2.45. The van der Waals surface area contributed by atoms with Crippen molar-refractivity contribution in [2.24, 2.45) is 11.3 Å². The predicted molar refractivity (Wildman–Crippen MR) is 135 cm³/mol. The highest BCUT2D eigenvalue weighted by Gasteiger charge is 2.50. The Morgan fingerprint density at radius 2 is 2.14 bits per heavy atom. The summed E-state index contributed by atoms with van der Waals surface area (Å²) in [5, 5.41) is 12.2. The van der Waals surface area contributed by atoms with E-state index in [1.807, 2.05) is 0 Å². The topological polar surface area (TPSA) is 85.1 Å². The molecule has 2 heterocycles. The van der Waals surface area contributed by atoms with Gasteiger partial charge in [0.2, 0.25) is 5.91 Å². The summed E-state index contributed by atoms with van der Waals surface area (Å²) in [7, 11) is 4.12. The minimum Gasteiger partial charge on any atom is -0.356 e. The molecule has 0 radical (unpaired) electrons. The number of nitrogens with one attached hydrogen (secondary N) is 1. The number of nitrogens with zero attached hydrogens (tertiary/aromatic N) is 5. The van der Waals surface area contributed by atoms with E-state index in [1.54, 1.807) is 19.2 Å². The predicted octanol–water partition coefficient (Wildman–Crippen LogP) is 3.30. The Morgan fingerprint density at radius 1 is 1.40 bits per heavy atom. The van der Waals surface area contributed by atoms with E-state index in [0.717, 1.165) is 37.4 Å². The van der Waals surface area contributed by atoms with Gasteiger partial charge in [0.25, 0.3) is 0 Å². The molecule has 1 aromatic carbocycles. The van der Waals surface area contributed by atoms with Crippen LogP contribution in [0.25, 0.3) is 11.4 Å². The Kier molecular flexibility index (Phi) is 8.00. The second-order valence-corrected chi connectivity index (χ2v) is 9.56. The molecule has 35 heavy (non-hydrogen) atoms. The fourth-order valence-corrected chi connectivity index (χ4v) is 4.44. The van der Waals surface area contributed by atoms with Crippen LogP contribution >= 0.6 is 12.4 Å². The first-order valence-corrected chi connectivity index (χ1v) is 11.5. The van der Waals surface area contributed by atoms with Crippen molar-refractivity contribution in [3.05, 3.63) is 40.8 Å². The highest BCUT2D eigenvalue weighted by molar-refractivity contribution is 5.88. The largest absolute Gasteiger partial charge is 0.356 e. The first kappa shape index (κ1) is 26.4. The number of amides is 1. The molecule has 1 N–H and O–H groups in total. The van der Waals surface area contributed by atoms with Crippen molar-refractivity contribution in [3.8, 4) is 29.8 Å². The van der Waals surface area contributed by atoms with Crippen molar-refractivity contribution >= 4 is 24.1 Å². The highest BCUT2D eigenvalue weighted by atomic mass is 35.5. The summed E-state index contributed by atoms with van der Waals surface area (Å²) >= 11 is 0. The maximum Gasteiger partial charge on any atom is 0.240 e. The SMILES string of the molecule is C#Cc1cc(-c2ncc(CNC(=O)C3(C#N)CC3)c(N3CCC(CN(C)C)C3)n2)cc(F)c1C.Cl. The van der Waals surface area contributed by atoms with Crippen LogP contribution in [-0.4, -0.2) is 54.5 Å². The first-order chi connectivity index (χ1) is 16.3. The maximum absolute atomic E-state index is 14.5. The van der Waals surface area contributed by atoms with Gasteiger partial charge in [0.05, 0.1) is 6.07 Å². The molecule has 9 heteroatoms. The molecule has 0 spiro atoms. The van der Waals surface area contributed by atoms with Crippen LogP contribution in [0, 0.1) is 47.7 Å². The van der Waals surface area contributed by atoms with Gasteiger partial charge in [-0.15, -0.1) is 18.8 Å². The summed E-state index contributed by atoms with van der Waals surface area (Å²) in [6, 6.07) is 5.25. The lowest BCUT2D eigenvalue weighted by Crippen LogP contribution is -2.32. The molecule has 1 aliphatic carbocycles. The molecule has 1 unspecified atom stereocenters. The van der Waals surface area contributed by atoms with Crippen molar-refractivity contribution in [1.29, 1.82) is 5.26 Å². The molecule has 184 valence electrons. The van der Waals surface area contributed by atoms with Crippen LogP contribution in [0.15, 0.2) is 18.3 Å². The Labute approximate surface area is 212 Å². The van der Waals surface area contributed by atoms with Gasteiger partial charge in [0.15, 0.2) is 5.82 Å². The van der Waals surface area contributed by atoms with Gasteiger partial charge >= 0.3 is 0 Å². The van der Waals surface area contributed by atoms with E-state index in [4.69, 9.17) is 11.4 Å². The standard InChI is InChI=1S/C26H29FN6O.ClH/c1-5-19-10-20(11-22(27)17(19)2)23-29-12-21(13-30-25(34)26(16-28)7-8-26)24(31-23)33-9-6-18(15-33)14-32(3)4;/h1,10-12,18H,6-9,13-15H2,2-4H3,(H,30,34);1H. The third kappa shape index (κ3) is 5.56. The van der Waals surface area contributed by atoms with E-state index >= 15 is 0 Å². The van der Waals surface area contributed by atoms with Gasteiger partial charge in [-0.3, -0.25) is 4.79 Å². The number of rotatable bonds is 7. The molecule has 1 saturated carbocycles. The number of carbonyl (C=O) groups excluding carboxylic acids is 1. The quantitative estimate of drug-likeness (QED) is 0.592. The molecule has 2 fully saturated rings. The number of anilines is 1.